The average molecular weight is 338 g/mol. The van der Waals surface area contributed by atoms with Crippen LogP contribution in [0.4, 0.5) is 0 Å². The van der Waals surface area contributed by atoms with Crippen molar-refractivity contribution in [3.8, 4) is 0 Å². The molecule has 0 radical (unpaired) electrons. The quantitative estimate of drug-likeness (QED) is 0.666. The number of imidazole rings is 1. The van der Waals surface area contributed by atoms with Crippen LogP contribution in [-0.4, -0.2) is 21.9 Å². The zero-order chi connectivity index (χ0) is 17.4. The largest absolute Gasteiger partial charge is 0.461 e. The molecule has 3 aromatic rings. The third-order valence-corrected chi connectivity index (χ3v) is 4.96. The van der Waals surface area contributed by atoms with Gasteiger partial charge in [-0.05, 0) is 38.3 Å². The molecule has 1 aromatic carbocycles. The molecule has 1 unspecified atom stereocenters. The fourth-order valence-electron chi connectivity index (χ4n) is 3.38. The smallest absolute Gasteiger partial charge is 0.238 e. The molecule has 2 heterocycles. The predicted molar refractivity (Wildman–Crippen MR) is 94.9 cm³/mol. The van der Waals surface area contributed by atoms with Gasteiger partial charge in [-0.15, -0.1) is 0 Å². The van der Waals surface area contributed by atoms with E-state index in [9.17, 15) is 4.79 Å². The minimum Gasteiger partial charge on any atom is -0.461 e. The first-order valence-corrected chi connectivity index (χ1v) is 8.63. The number of furan rings is 1. The van der Waals surface area contributed by atoms with E-state index in [2.05, 4.69) is 15.3 Å². The van der Waals surface area contributed by atoms with Gasteiger partial charge in [0.1, 0.15) is 17.2 Å². The molecule has 1 amide bonds. The summed E-state index contributed by atoms with van der Waals surface area (Å²) in [6.07, 6.45) is 4.98. The second kappa shape index (κ2) is 6.04. The van der Waals surface area contributed by atoms with E-state index in [1.807, 2.05) is 37.3 Å². The van der Waals surface area contributed by atoms with Crippen LogP contribution >= 0.6 is 0 Å². The highest BCUT2D eigenvalue weighted by Crippen LogP contribution is 2.39. The minimum atomic E-state index is -0.658. The van der Waals surface area contributed by atoms with E-state index in [1.165, 1.54) is 0 Å². The molecule has 1 saturated carbocycles. The van der Waals surface area contributed by atoms with Gasteiger partial charge in [-0.2, -0.15) is 0 Å². The van der Waals surface area contributed by atoms with Crippen LogP contribution in [-0.2, 0) is 16.8 Å². The number of aromatic nitrogens is 2. The van der Waals surface area contributed by atoms with Crippen molar-refractivity contribution in [3.63, 3.8) is 0 Å². The lowest BCUT2D eigenvalue weighted by molar-refractivity contribution is -0.125. The van der Waals surface area contributed by atoms with E-state index >= 15 is 0 Å². The molecule has 0 saturated heterocycles. The molecule has 0 aliphatic heterocycles. The molecular formula is C19H22N4O2. The van der Waals surface area contributed by atoms with E-state index < -0.39 is 11.6 Å². The molecule has 4 N–H and O–H groups in total. The van der Waals surface area contributed by atoms with Crippen LogP contribution in [0.25, 0.3) is 11.0 Å². The van der Waals surface area contributed by atoms with Crippen molar-refractivity contribution < 1.29 is 9.21 Å². The van der Waals surface area contributed by atoms with Crippen molar-refractivity contribution in [1.29, 1.82) is 0 Å². The Labute approximate surface area is 145 Å². The van der Waals surface area contributed by atoms with Crippen LogP contribution in [0, 0.1) is 6.92 Å². The summed E-state index contributed by atoms with van der Waals surface area (Å²) in [5.41, 5.74) is 7.53. The summed E-state index contributed by atoms with van der Waals surface area (Å²) >= 11 is 0. The maximum atomic E-state index is 12.6. The van der Waals surface area contributed by atoms with E-state index in [0.29, 0.717) is 6.42 Å². The average Bonchev–Trinajstić information content (AvgIpc) is 3.16. The summed E-state index contributed by atoms with van der Waals surface area (Å²) in [5.74, 6) is 1.37. The number of nitrogens with two attached hydrogens (primary N) is 1. The van der Waals surface area contributed by atoms with Crippen molar-refractivity contribution in [2.24, 2.45) is 5.73 Å². The summed E-state index contributed by atoms with van der Waals surface area (Å²) in [6.45, 7) is 1.96. The monoisotopic (exact) mass is 338 g/mol. The summed E-state index contributed by atoms with van der Waals surface area (Å²) in [5, 5.41) is 4.13. The van der Waals surface area contributed by atoms with Crippen LogP contribution in [0.5, 0.6) is 0 Å². The second-order valence-corrected chi connectivity index (χ2v) is 6.90. The molecule has 6 heteroatoms. The molecule has 1 aliphatic rings. The van der Waals surface area contributed by atoms with Crippen LogP contribution in [0.3, 0.4) is 0 Å². The number of amides is 1. The Morgan fingerprint density at radius 1 is 1.44 bits per heavy atom. The van der Waals surface area contributed by atoms with Gasteiger partial charge < -0.3 is 20.5 Å². The van der Waals surface area contributed by atoms with Gasteiger partial charge in [0.15, 0.2) is 0 Å². The lowest BCUT2D eigenvalue weighted by Crippen LogP contribution is -2.56. The molecule has 1 atom stereocenters. The zero-order valence-corrected chi connectivity index (χ0v) is 14.2. The molecular weight excluding hydrogens is 316 g/mol. The van der Waals surface area contributed by atoms with Gasteiger partial charge in [0.25, 0.3) is 0 Å². The van der Waals surface area contributed by atoms with Gasteiger partial charge in [0, 0.05) is 23.7 Å². The molecule has 2 aromatic heterocycles. The van der Waals surface area contributed by atoms with E-state index in [-0.39, 0.29) is 5.91 Å². The third-order valence-electron chi connectivity index (χ3n) is 4.96. The molecule has 130 valence electrons. The van der Waals surface area contributed by atoms with Crippen molar-refractivity contribution in [1.82, 2.24) is 15.3 Å². The first kappa shape index (κ1) is 15.9. The fourth-order valence-corrected chi connectivity index (χ4v) is 3.38. The molecule has 25 heavy (non-hydrogen) atoms. The number of fused-ring (bicyclic) bond motifs is 1. The highest BCUT2D eigenvalue weighted by molar-refractivity contribution is 5.83. The maximum Gasteiger partial charge on any atom is 0.238 e. The number of H-pyrrole nitrogens is 1. The van der Waals surface area contributed by atoms with Gasteiger partial charge in [0.2, 0.25) is 5.91 Å². The minimum absolute atomic E-state index is 0.172. The number of rotatable bonds is 5. The van der Waals surface area contributed by atoms with Crippen LogP contribution in [0.1, 0.15) is 36.5 Å². The summed E-state index contributed by atoms with van der Waals surface area (Å²) in [6, 6.07) is 9.06. The van der Waals surface area contributed by atoms with Crippen molar-refractivity contribution in [3.05, 3.63) is 53.8 Å². The highest BCUT2D eigenvalue weighted by atomic mass is 16.3. The van der Waals surface area contributed by atoms with Gasteiger partial charge in [0.05, 0.1) is 11.6 Å². The van der Waals surface area contributed by atoms with E-state index in [1.54, 1.807) is 6.20 Å². The molecule has 4 rings (SSSR count). The lowest BCUT2D eigenvalue weighted by atomic mass is 9.76. The number of aromatic amines is 1. The third kappa shape index (κ3) is 2.93. The number of carbonyl (C=O) groups is 1. The van der Waals surface area contributed by atoms with Gasteiger partial charge in [-0.25, -0.2) is 4.98 Å². The summed E-state index contributed by atoms with van der Waals surface area (Å²) in [7, 11) is 0. The normalized spacial score (nSPS) is 17.2. The molecule has 1 fully saturated rings. The van der Waals surface area contributed by atoms with Gasteiger partial charge in [-0.3, -0.25) is 4.79 Å². The SMILES string of the molecule is Cc1cnc(C2(NC(=O)C(N)Cc3cc4ccccc4o3)CCC2)[nH]1. The number of hydrogen-bond acceptors (Lipinski definition) is 4. The first-order valence-electron chi connectivity index (χ1n) is 8.63. The molecule has 0 bridgehead atoms. The molecule has 6 nitrogen and oxygen atoms in total. The number of benzene rings is 1. The number of aryl methyl sites for hydroxylation is 1. The summed E-state index contributed by atoms with van der Waals surface area (Å²) < 4.78 is 5.77. The van der Waals surface area contributed by atoms with Crippen LogP contribution in [0.15, 0.2) is 40.9 Å². The Morgan fingerprint density at radius 2 is 2.24 bits per heavy atom. The fraction of sp³-hybridized carbons (Fsp3) is 0.368. The van der Waals surface area contributed by atoms with Crippen LogP contribution in [0.2, 0.25) is 0 Å². The first-order chi connectivity index (χ1) is 12.1. The maximum absolute atomic E-state index is 12.6. The van der Waals surface area contributed by atoms with Crippen molar-refractivity contribution in [2.75, 3.05) is 0 Å². The number of nitrogens with zero attached hydrogens (tertiary/aromatic N) is 1. The van der Waals surface area contributed by atoms with Gasteiger partial charge >= 0.3 is 0 Å². The topological polar surface area (TPSA) is 96.9 Å². The predicted octanol–water partition coefficient (Wildman–Crippen LogP) is 2.53. The van der Waals surface area contributed by atoms with Gasteiger partial charge in [-0.1, -0.05) is 18.2 Å². The lowest BCUT2D eigenvalue weighted by Gasteiger charge is -2.41. The second-order valence-electron chi connectivity index (χ2n) is 6.90. The standard InChI is InChI=1S/C19H22N4O2/c1-12-11-21-18(22-12)19(7-4-8-19)23-17(24)15(20)10-14-9-13-5-2-3-6-16(13)25-14/h2-3,5-6,9,11,15H,4,7-8,10,20H2,1H3,(H,21,22)(H,23,24). The number of nitrogens with one attached hydrogen (secondary N) is 2. The molecule has 0 spiro atoms. The van der Waals surface area contributed by atoms with Crippen molar-refractivity contribution in [2.45, 2.75) is 44.2 Å². The molecule has 1 aliphatic carbocycles. The Morgan fingerprint density at radius 3 is 2.88 bits per heavy atom. The van der Waals surface area contributed by atoms with Crippen LogP contribution < -0.4 is 11.1 Å². The highest BCUT2D eigenvalue weighted by Gasteiger charge is 2.43. The zero-order valence-electron chi connectivity index (χ0n) is 14.2. The van der Waals surface area contributed by atoms with Crippen molar-refractivity contribution >= 4 is 16.9 Å². The number of para-hydroxylation sites is 1. The Hall–Kier alpha value is -2.60. The van der Waals surface area contributed by atoms with E-state index in [4.69, 9.17) is 10.2 Å². The number of hydrogen-bond donors (Lipinski definition) is 3. The van der Waals surface area contributed by atoms with E-state index in [0.717, 1.165) is 47.5 Å². The Kier molecular flexibility index (Phi) is 3.84. The Bertz CT molecular complexity index is 874. The Balaban J connectivity index is 1.46. The number of carbonyl (C=O) groups excluding carboxylic acids is 1. The summed E-state index contributed by atoms with van der Waals surface area (Å²) in [4.78, 5) is 20.3.